The van der Waals surface area contributed by atoms with E-state index in [4.69, 9.17) is 9.42 Å². The second kappa shape index (κ2) is 5.80. The normalized spacial score (nSPS) is 13.9. The van der Waals surface area contributed by atoms with Crippen LogP contribution in [0, 0.1) is 0 Å². The smallest absolute Gasteiger partial charge is 0.417 e. The number of hydrogen-bond donors (Lipinski definition) is 2. The largest absolute Gasteiger partial charge is 0.434 e. The van der Waals surface area contributed by atoms with Gasteiger partial charge >= 0.3 is 6.80 Å². The standard InChI is InChI=1S/C11H10NO3PS2/c13-16(14,17)15-9-4-6-10(7-5-9)18-11-3-1-2-8-12-11/h1-8H,(H2,13,14,17). The zero-order valence-corrected chi connectivity index (χ0v) is 11.7. The Kier molecular flexibility index (Phi) is 4.35. The van der Waals surface area contributed by atoms with Crippen molar-refractivity contribution in [1.29, 1.82) is 0 Å². The molecule has 18 heavy (non-hydrogen) atoms. The van der Waals surface area contributed by atoms with Gasteiger partial charge in [-0.25, -0.2) is 9.55 Å². The highest BCUT2D eigenvalue weighted by Gasteiger charge is 2.13. The molecule has 1 N–H and O–H groups in total. The predicted octanol–water partition coefficient (Wildman–Crippen LogP) is 3.64. The first-order valence-electron chi connectivity index (χ1n) is 4.97. The van der Waals surface area contributed by atoms with E-state index in [-0.39, 0.29) is 0 Å². The van der Waals surface area contributed by atoms with Crippen LogP contribution in [-0.2, 0) is 4.57 Å². The molecule has 7 heteroatoms. The van der Waals surface area contributed by atoms with Gasteiger partial charge < -0.3 is 9.42 Å². The molecule has 0 spiro atoms. The first-order valence-corrected chi connectivity index (χ1v) is 8.52. The Labute approximate surface area is 114 Å². The molecule has 2 rings (SSSR count). The molecule has 0 saturated carbocycles. The summed E-state index contributed by atoms with van der Waals surface area (Å²) >= 11 is 4.94. The fourth-order valence-electron chi connectivity index (χ4n) is 1.23. The number of nitrogens with zero attached hydrogens (tertiary/aromatic N) is 1. The summed E-state index contributed by atoms with van der Waals surface area (Å²) in [6, 6.07) is 12.5. The van der Waals surface area contributed by atoms with Gasteiger partial charge in [-0.2, -0.15) is 0 Å². The molecule has 0 radical (unpaired) electrons. The van der Waals surface area contributed by atoms with Crippen LogP contribution in [0.1, 0.15) is 0 Å². The Hall–Kier alpha value is -0.940. The fraction of sp³-hybridized carbons (Fsp3) is 0. The molecule has 0 aliphatic heterocycles. The zero-order chi connectivity index (χ0) is 13.0. The van der Waals surface area contributed by atoms with Crippen LogP contribution >= 0.6 is 30.8 Å². The number of hydrogen-bond acceptors (Lipinski definition) is 4. The molecule has 0 amide bonds. The summed E-state index contributed by atoms with van der Waals surface area (Å²) in [5.74, 6) is 0.307. The summed E-state index contributed by atoms with van der Waals surface area (Å²) in [6.45, 7) is -3.79. The van der Waals surface area contributed by atoms with Crippen LogP contribution in [0.4, 0.5) is 0 Å². The van der Waals surface area contributed by atoms with E-state index in [2.05, 4.69) is 17.2 Å². The van der Waals surface area contributed by atoms with Crippen molar-refractivity contribution >= 4 is 30.8 Å². The minimum absolute atomic E-state index is 0.307. The van der Waals surface area contributed by atoms with Gasteiger partial charge in [0.1, 0.15) is 10.8 Å². The molecule has 0 aliphatic rings. The molecular formula is C11H10NO3PS2. The summed E-state index contributed by atoms with van der Waals surface area (Å²) in [7, 11) is 0. The molecule has 1 aromatic heterocycles. The molecule has 4 nitrogen and oxygen atoms in total. The molecule has 1 atom stereocenters. The molecule has 1 heterocycles. The number of rotatable bonds is 4. The zero-order valence-electron chi connectivity index (χ0n) is 9.13. The molecular weight excluding hydrogens is 289 g/mol. The van der Waals surface area contributed by atoms with E-state index < -0.39 is 6.80 Å². The van der Waals surface area contributed by atoms with Crippen LogP contribution < -0.4 is 4.52 Å². The third kappa shape index (κ3) is 4.38. The Morgan fingerprint density at radius 3 is 2.50 bits per heavy atom. The van der Waals surface area contributed by atoms with Gasteiger partial charge in [0, 0.05) is 11.1 Å². The predicted molar refractivity (Wildman–Crippen MR) is 74.2 cm³/mol. The number of thiol groups is 1. The first-order chi connectivity index (χ1) is 8.53. The van der Waals surface area contributed by atoms with Crippen molar-refractivity contribution in [2.75, 3.05) is 0 Å². The van der Waals surface area contributed by atoms with Crippen molar-refractivity contribution in [3.05, 3.63) is 48.7 Å². The number of aromatic nitrogens is 1. The quantitative estimate of drug-likeness (QED) is 0.666. The van der Waals surface area contributed by atoms with Crippen LogP contribution in [0.15, 0.2) is 58.6 Å². The lowest BCUT2D eigenvalue weighted by molar-refractivity contribution is 0.403. The highest BCUT2D eigenvalue weighted by Crippen LogP contribution is 2.47. The lowest BCUT2D eigenvalue weighted by atomic mass is 10.3. The highest BCUT2D eigenvalue weighted by atomic mass is 32.7. The van der Waals surface area contributed by atoms with E-state index in [1.165, 1.54) is 11.8 Å². The van der Waals surface area contributed by atoms with Gasteiger partial charge in [-0.1, -0.05) is 17.8 Å². The lowest BCUT2D eigenvalue weighted by Crippen LogP contribution is -1.85. The summed E-state index contributed by atoms with van der Waals surface area (Å²) in [5.41, 5.74) is 0. The van der Waals surface area contributed by atoms with Gasteiger partial charge in [0.2, 0.25) is 0 Å². The first kappa shape index (κ1) is 13.5. The minimum atomic E-state index is -3.79. The third-order valence-corrected chi connectivity index (χ3v) is 3.56. The minimum Gasteiger partial charge on any atom is -0.417 e. The number of benzene rings is 1. The summed E-state index contributed by atoms with van der Waals surface area (Å²) in [4.78, 5) is 14.1. The summed E-state index contributed by atoms with van der Waals surface area (Å²) < 4.78 is 15.7. The monoisotopic (exact) mass is 299 g/mol. The van der Waals surface area contributed by atoms with Gasteiger partial charge in [0.15, 0.2) is 0 Å². The molecule has 0 saturated heterocycles. The van der Waals surface area contributed by atoms with E-state index in [1.54, 1.807) is 30.5 Å². The van der Waals surface area contributed by atoms with Crippen molar-refractivity contribution < 1.29 is 14.0 Å². The maximum Gasteiger partial charge on any atom is 0.434 e. The molecule has 0 fully saturated rings. The van der Waals surface area contributed by atoms with E-state index in [9.17, 15) is 4.57 Å². The van der Waals surface area contributed by atoms with Gasteiger partial charge in [-0.05, 0) is 48.6 Å². The van der Waals surface area contributed by atoms with E-state index in [1.807, 2.05) is 18.2 Å². The van der Waals surface area contributed by atoms with Crippen LogP contribution in [0.5, 0.6) is 5.75 Å². The maximum atomic E-state index is 10.9. The summed E-state index contributed by atoms with van der Waals surface area (Å²) in [5, 5.41) is 0.883. The van der Waals surface area contributed by atoms with E-state index >= 15 is 0 Å². The summed E-state index contributed by atoms with van der Waals surface area (Å²) in [6.07, 6.45) is 1.72. The Bertz CT molecular complexity index is 556. The van der Waals surface area contributed by atoms with Crippen molar-refractivity contribution in [3.63, 3.8) is 0 Å². The Morgan fingerprint density at radius 1 is 1.22 bits per heavy atom. The van der Waals surface area contributed by atoms with Crippen molar-refractivity contribution in [3.8, 4) is 5.75 Å². The molecule has 1 aromatic carbocycles. The van der Waals surface area contributed by atoms with Gasteiger partial charge in [-0.15, -0.1) is 0 Å². The van der Waals surface area contributed by atoms with Gasteiger partial charge in [0.05, 0.1) is 0 Å². The topological polar surface area (TPSA) is 59.4 Å². The van der Waals surface area contributed by atoms with Crippen LogP contribution in [-0.4, -0.2) is 9.88 Å². The molecule has 1 unspecified atom stereocenters. The van der Waals surface area contributed by atoms with Gasteiger partial charge in [0.25, 0.3) is 0 Å². The van der Waals surface area contributed by atoms with E-state index in [0.29, 0.717) is 5.75 Å². The van der Waals surface area contributed by atoms with Crippen molar-refractivity contribution in [2.24, 2.45) is 0 Å². The fourth-order valence-corrected chi connectivity index (χ4v) is 2.69. The average Bonchev–Trinajstić information content (AvgIpc) is 2.31. The van der Waals surface area contributed by atoms with Crippen LogP contribution in [0.25, 0.3) is 0 Å². The number of pyridine rings is 1. The molecule has 0 bridgehead atoms. The van der Waals surface area contributed by atoms with Crippen LogP contribution in [0.3, 0.4) is 0 Å². The van der Waals surface area contributed by atoms with Gasteiger partial charge in [-0.3, -0.25) is 0 Å². The Morgan fingerprint density at radius 2 is 1.94 bits per heavy atom. The van der Waals surface area contributed by atoms with E-state index in [0.717, 1.165) is 9.92 Å². The Balaban J connectivity index is 2.06. The molecule has 2 aromatic rings. The third-order valence-electron chi connectivity index (χ3n) is 1.91. The van der Waals surface area contributed by atoms with Crippen molar-refractivity contribution in [2.45, 2.75) is 9.92 Å². The average molecular weight is 299 g/mol. The second-order valence-electron chi connectivity index (χ2n) is 3.32. The SMILES string of the molecule is O=P(O)(S)Oc1ccc(Sc2ccccn2)cc1. The van der Waals surface area contributed by atoms with Crippen molar-refractivity contribution in [1.82, 2.24) is 4.98 Å². The molecule has 0 aliphatic carbocycles. The lowest BCUT2D eigenvalue weighted by Gasteiger charge is -2.07. The highest BCUT2D eigenvalue weighted by molar-refractivity contribution is 8.44. The second-order valence-corrected chi connectivity index (χ2v) is 7.10. The maximum absolute atomic E-state index is 10.9. The van der Waals surface area contributed by atoms with Crippen LogP contribution in [0.2, 0.25) is 0 Å². The molecule has 94 valence electrons.